The van der Waals surface area contributed by atoms with Crippen LogP contribution in [0.3, 0.4) is 0 Å². The lowest BCUT2D eigenvalue weighted by Gasteiger charge is -2.06. The molecule has 4 N–H and O–H groups in total. The Hall–Kier alpha value is -1.89. The summed E-state index contributed by atoms with van der Waals surface area (Å²) in [6.07, 6.45) is 0. The largest absolute Gasteiger partial charge is 0.435 e. The normalized spacial score (nSPS) is 9.87. The molecule has 82 valence electrons. The van der Waals surface area contributed by atoms with Gasteiger partial charge in [0.15, 0.2) is 0 Å². The van der Waals surface area contributed by atoms with E-state index in [1.807, 2.05) is 5.43 Å². The zero-order valence-electron chi connectivity index (χ0n) is 7.54. The maximum absolute atomic E-state index is 11.8. The second kappa shape index (κ2) is 5.11. The van der Waals surface area contributed by atoms with E-state index in [2.05, 4.69) is 10.1 Å². The number of halogens is 2. The molecule has 0 unspecified atom stereocenters. The molecular formula is C8H9F2N3O2. The minimum atomic E-state index is -2.86. The topological polar surface area (TPSA) is 76.4 Å². The summed E-state index contributed by atoms with van der Waals surface area (Å²) in [6, 6.07) is 4.83. The third kappa shape index (κ3) is 3.77. The molecule has 0 atom stereocenters. The van der Waals surface area contributed by atoms with Gasteiger partial charge in [-0.25, -0.2) is 10.6 Å². The number of carbonyl (C=O) groups is 1. The quantitative estimate of drug-likeness (QED) is 0.405. The summed E-state index contributed by atoms with van der Waals surface area (Å²) in [7, 11) is 0. The van der Waals surface area contributed by atoms with Gasteiger partial charge in [-0.1, -0.05) is 0 Å². The van der Waals surface area contributed by atoms with Crippen molar-refractivity contribution in [3.05, 3.63) is 24.3 Å². The molecule has 0 saturated heterocycles. The Morgan fingerprint density at radius 3 is 2.40 bits per heavy atom. The molecule has 2 amide bonds. The predicted octanol–water partition coefficient (Wildman–Crippen LogP) is 1.28. The predicted molar refractivity (Wildman–Crippen MR) is 49.4 cm³/mol. The summed E-state index contributed by atoms with van der Waals surface area (Å²) in [5.41, 5.74) is 2.28. The van der Waals surface area contributed by atoms with Crippen LogP contribution in [0.2, 0.25) is 0 Å². The highest BCUT2D eigenvalue weighted by Gasteiger charge is 2.04. The highest BCUT2D eigenvalue weighted by atomic mass is 19.3. The molecule has 0 aliphatic carbocycles. The van der Waals surface area contributed by atoms with Crippen molar-refractivity contribution < 1.29 is 18.3 Å². The Kier molecular flexibility index (Phi) is 3.81. The fourth-order valence-electron chi connectivity index (χ4n) is 0.887. The molecule has 0 spiro atoms. The van der Waals surface area contributed by atoms with Gasteiger partial charge in [-0.2, -0.15) is 8.78 Å². The van der Waals surface area contributed by atoms with Crippen LogP contribution >= 0.6 is 0 Å². The van der Waals surface area contributed by atoms with E-state index in [1.165, 1.54) is 24.3 Å². The van der Waals surface area contributed by atoms with Crippen molar-refractivity contribution in [1.82, 2.24) is 5.43 Å². The number of amides is 2. The van der Waals surface area contributed by atoms with Crippen molar-refractivity contribution in [2.75, 3.05) is 5.32 Å². The summed E-state index contributed by atoms with van der Waals surface area (Å²) in [5.74, 6) is 4.85. The summed E-state index contributed by atoms with van der Waals surface area (Å²) in [4.78, 5) is 10.7. The number of alkyl halides is 2. The van der Waals surface area contributed by atoms with E-state index < -0.39 is 12.6 Å². The Balaban J connectivity index is 2.60. The highest BCUT2D eigenvalue weighted by Crippen LogP contribution is 2.17. The van der Waals surface area contributed by atoms with Gasteiger partial charge in [0.05, 0.1) is 0 Å². The first-order valence-electron chi connectivity index (χ1n) is 3.94. The number of rotatable bonds is 3. The first-order chi connectivity index (χ1) is 7.11. The summed E-state index contributed by atoms with van der Waals surface area (Å²) >= 11 is 0. The number of anilines is 1. The third-order valence-electron chi connectivity index (χ3n) is 1.47. The second-order valence-electron chi connectivity index (χ2n) is 2.50. The van der Waals surface area contributed by atoms with Crippen molar-refractivity contribution in [2.24, 2.45) is 5.84 Å². The standard InChI is InChI=1S/C8H9F2N3O2/c9-7(10)15-6-3-1-5(2-4-6)12-8(14)13-11/h1-4,7H,11H2,(H2,12,13,14). The molecular weight excluding hydrogens is 208 g/mol. The van der Waals surface area contributed by atoms with Crippen LogP contribution in [-0.4, -0.2) is 12.6 Å². The number of nitrogens with two attached hydrogens (primary N) is 1. The Labute approximate surface area is 84.2 Å². The fraction of sp³-hybridized carbons (Fsp3) is 0.125. The van der Waals surface area contributed by atoms with Gasteiger partial charge >= 0.3 is 12.6 Å². The average Bonchev–Trinajstić information content (AvgIpc) is 2.20. The highest BCUT2D eigenvalue weighted by molar-refractivity contribution is 5.88. The first kappa shape index (κ1) is 11.2. The zero-order chi connectivity index (χ0) is 11.3. The van der Waals surface area contributed by atoms with Crippen molar-refractivity contribution in [1.29, 1.82) is 0 Å². The van der Waals surface area contributed by atoms with Crippen LogP contribution in [0.5, 0.6) is 5.75 Å². The van der Waals surface area contributed by atoms with E-state index in [9.17, 15) is 13.6 Å². The fourth-order valence-corrected chi connectivity index (χ4v) is 0.887. The lowest BCUT2D eigenvalue weighted by molar-refractivity contribution is -0.0498. The van der Waals surface area contributed by atoms with Crippen molar-refractivity contribution in [3.63, 3.8) is 0 Å². The second-order valence-corrected chi connectivity index (χ2v) is 2.50. The molecule has 7 heteroatoms. The van der Waals surface area contributed by atoms with Gasteiger partial charge in [0.1, 0.15) is 5.75 Å². The minimum Gasteiger partial charge on any atom is -0.435 e. The lowest BCUT2D eigenvalue weighted by Crippen LogP contribution is -2.34. The van der Waals surface area contributed by atoms with Gasteiger partial charge < -0.3 is 10.1 Å². The zero-order valence-corrected chi connectivity index (χ0v) is 7.54. The van der Waals surface area contributed by atoms with Crippen molar-refractivity contribution >= 4 is 11.7 Å². The molecule has 15 heavy (non-hydrogen) atoms. The third-order valence-corrected chi connectivity index (χ3v) is 1.47. The molecule has 1 aromatic rings. The van der Waals surface area contributed by atoms with Gasteiger partial charge in [0, 0.05) is 5.69 Å². The number of ether oxygens (including phenoxy) is 1. The first-order valence-corrected chi connectivity index (χ1v) is 3.94. The Bertz CT molecular complexity index is 329. The molecule has 1 rings (SSSR count). The number of hydrogen-bond acceptors (Lipinski definition) is 3. The monoisotopic (exact) mass is 217 g/mol. The molecule has 0 saturated carbocycles. The van der Waals surface area contributed by atoms with Gasteiger partial charge in [-0.05, 0) is 24.3 Å². The maximum Gasteiger partial charge on any atom is 0.387 e. The van der Waals surface area contributed by atoms with Crippen LogP contribution in [0.25, 0.3) is 0 Å². The Morgan fingerprint density at radius 2 is 1.93 bits per heavy atom. The SMILES string of the molecule is NNC(=O)Nc1ccc(OC(F)F)cc1. The van der Waals surface area contributed by atoms with E-state index in [-0.39, 0.29) is 5.75 Å². The van der Waals surface area contributed by atoms with Crippen LogP contribution in [0.15, 0.2) is 24.3 Å². The van der Waals surface area contributed by atoms with Crippen LogP contribution in [0.1, 0.15) is 0 Å². The van der Waals surface area contributed by atoms with Gasteiger partial charge in [-0.3, -0.25) is 5.43 Å². The van der Waals surface area contributed by atoms with Crippen molar-refractivity contribution in [2.45, 2.75) is 6.61 Å². The number of benzene rings is 1. The maximum atomic E-state index is 11.8. The molecule has 0 radical (unpaired) electrons. The summed E-state index contributed by atoms with van der Waals surface area (Å²) in [6.45, 7) is -2.86. The van der Waals surface area contributed by atoms with E-state index in [1.54, 1.807) is 0 Å². The number of nitrogens with one attached hydrogen (secondary N) is 2. The lowest BCUT2D eigenvalue weighted by atomic mass is 10.3. The van der Waals surface area contributed by atoms with Crippen molar-refractivity contribution in [3.8, 4) is 5.75 Å². The van der Waals surface area contributed by atoms with Gasteiger partial charge in [-0.15, -0.1) is 0 Å². The summed E-state index contributed by atoms with van der Waals surface area (Å²) in [5, 5.41) is 2.35. The van der Waals surface area contributed by atoms with Gasteiger partial charge in [0.25, 0.3) is 0 Å². The van der Waals surface area contributed by atoms with Crippen LogP contribution < -0.4 is 21.3 Å². The molecule has 0 aliphatic heterocycles. The van der Waals surface area contributed by atoms with Gasteiger partial charge in [0.2, 0.25) is 0 Å². The van der Waals surface area contributed by atoms with E-state index in [0.717, 1.165) is 0 Å². The molecule has 0 aromatic heterocycles. The summed E-state index contributed by atoms with van der Waals surface area (Å²) < 4.78 is 27.6. The Morgan fingerprint density at radius 1 is 1.33 bits per heavy atom. The van der Waals surface area contributed by atoms with Crippen LogP contribution in [-0.2, 0) is 0 Å². The molecule has 0 heterocycles. The number of hydrazine groups is 1. The van der Waals surface area contributed by atoms with Crippen LogP contribution in [0.4, 0.5) is 19.3 Å². The number of hydrogen-bond donors (Lipinski definition) is 3. The molecule has 1 aromatic carbocycles. The number of carbonyl (C=O) groups excluding carboxylic acids is 1. The molecule has 0 aliphatic rings. The smallest absolute Gasteiger partial charge is 0.387 e. The molecule has 5 nitrogen and oxygen atoms in total. The average molecular weight is 217 g/mol. The van der Waals surface area contributed by atoms with E-state index in [0.29, 0.717) is 5.69 Å². The molecule has 0 bridgehead atoms. The minimum absolute atomic E-state index is 0.0173. The molecule has 0 fully saturated rings. The van der Waals surface area contributed by atoms with E-state index in [4.69, 9.17) is 5.84 Å². The number of urea groups is 1. The van der Waals surface area contributed by atoms with Crippen LogP contribution in [0, 0.1) is 0 Å². The van der Waals surface area contributed by atoms with E-state index >= 15 is 0 Å².